The van der Waals surface area contributed by atoms with E-state index >= 15 is 0 Å². The molecule has 0 heterocycles. The van der Waals surface area contributed by atoms with E-state index in [0.29, 0.717) is 0 Å². The summed E-state index contributed by atoms with van der Waals surface area (Å²) in [6.07, 6.45) is 0. The maximum atomic E-state index is 11.8. The van der Waals surface area contributed by atoms with Crippen molar-refractivity contribution < 1.29 is 28.6 Å². The highest BCUT2D eigenvalue weighted by atomic mass is 16.6. The van der Waals surface area contributed by atoms with Gasteiger partial charge in [0.1, 0.15) is 19.8 Å². The van der Waals surface area contributed by atoms with E-state index in [1.54, 1.807) is 41.5 Å². The molecule has 0 bridgehead atoms. The SMILES string of the molecule is CC(=O)OCC(COC(=O)C(C)(C)C)COC(=O)C(C)(C)C. The zero-order valence-electron chi connectivity index (χ0n) is 14.6. The minimum absolute atomic E-state index is 0.0286. The lowest BCUT2D eigenvalue weighted by Crippen LogP contribution is -2.31. The first-order valence-electron chi connectivity index (χ1n) is 7.32. The number of hydrogen-bond acceptors (Lipinski definition) is 6. The maximum absolute atomic E-state index is 11.8. The average Bonchev–Trinajstić information content (AvgIpc) is 2.34. The molecule has 0 aliphatic carbocycles. The highest BCUT2D eigenvalue weighted by Gasteiger charge is 2.27. The van der Waals surface area contributed by atoms with Crippen molar-refractivity contribution in [2.24, 2.45) is 16.7 Å². The number of esters is 3. The molecule has 0 aromatic rings. The average molecular weight is 316 g/mol. The number of hydrogen-bond donors (Lipinski definition) is 0. The largest absolute Gasteiger partial charge is 0.465 e. The molecule has 128 valence electrons. The Bertz CT molecular complexity index is 370. The van der Waals surface area contributed by atoms with Crippen molar-refractivity contribution in [3.05, 3.63) is 0 Å². The molecule has 0 N–H and O–H groups in total. The van der Waals surface area contributed by atoms with Crippen molar-refractivity contribution in [3.63, 3.8) is 0 Å². The topological polar surface area (TPSA) is 78.9 Å². The van der Waals surface area contributed by atoms with Gasteiger partial charge in [-0.15, -0.1) is 0 Å². The standard InChI is InChI=1S/C16H28O6/c1-11(17)20-8-12(9-21-13(18)15(2,3)4)10-22-14(19)16(5,6)7/h12H,8-10H2,1-7H3. The first kappa shape index (κ1) is 20.4. The summed E-state index contributed by atoms with van der Waals surface area (Å²) >= 11 is 0. The number of rotatable bonds is 6. The zero-order chi connectivity index (χ0) is 17.6. The summed E-state index contributed by atoms with van der Waals surface area (Å²) in [6.45, 7) is 11.9. The fourth-order valence-corrected chi connectivity index (χ4v) is 1.20. The summed E-state index contributed by atoms with van der Waals surface area (Å²) in [5, 5.41) is 0. The van der Waals surface area contributed by atoms with E-state index in [1.807, 2.05) is 0 Å². The second kappa shape index (κ2) is 8.15. The van der Waals surface area contributed by atoms with Crippen molar-refractivity contribution in [1.29, 1.82) is 0 Å². The third-order valence-corrected chi connectivity index (χ3v) is 2.65. The Morgan fingerprint density at radius 3 is 1.32 bits per heavy atom. The van der Waals surface area contributed by atoms with Crippen LogP contribution >= 0.6 is 0 Å². The third kappa shape index (κ3) is 8.64. The summed E-state index contributed by atoms with van der Waals surface area (Å²) in [5.74, 6) is -1.54. The van der Waals surface area contributed by atoms with Crippen molar-refractivity contribution in [3.8, 4) is 0 Å². The summed E-state index contributed by atoms with van der Waals surface area (Å²) in [5.41, 5.74) is -1.23. The smallest absolute Gasteiger partial charge is 0.311 e. The second-order valence-electron chi connectivity index (χ2n) is 7.37. The summed E-state index contributed by atoms with van der Waals surface area (Å²) in [6, 6.07) is 0. The minimum Gasteiger partial charge on any atom is -0.465 e. The molecule has 0 fully saturated rings. The molecule has 0 aromatic carbocycles. The van der Waals surface area contributed by atoms with Gasteiger partial charge in [-0.25, -0.2) is 0 Å². The molecule has 0 amide bonds. The van der Waals surface area contributed by atoms with Crippen LogP contribution in [0.3, 0.4) is 0 Å². The quantitative estimate of drug-likeness (QED) is 0.553. The molecule has 0 rings (SSSR count). The van der Waals surface area contributed by atoms with Crippen molar-refractivity contribution in [2.75, 3.05) is 19.8 Å². The Morgan fingerprint density at radius 1 is 0.727 bits per heavy atom. The van der Waals surface area contributed by atoms with Crippen LogP contribution in [-0.2, 0) is 28.6 Å². The van der Waals surface area contributed by atoms with Crippen LogP contribution in [0.1, 0.15) is 48.5 Å². The summed E-state index contributed by atoms with van der Waals surface area (Å²) in [7, 11) is 0. The van der Waals surface area contributed by atoms with Crippen LogP contribution in [0.2, 0.25) is 0 Å². The predicted molar refractivity (Wildman–Crippen MR) is 81.0 cm³/mol. The van der Waals surface area contributed by atoms with Gasteiger partial charge in [0, 0.05) is 6.92 Å². The van der Waals surface area contributed by atoms with Gasteiger partial charge in [-0.05, 0) is 41.5 Å². The summed E-state index contributed by atoms with van der Waals surface area (Å²) < 4.78 is 15.3. The van der Waals surface area contributed by atoms with Crippen LogP contribution in [-0.4, -0.2) is 37.7 Å². The first-order chi connectivity index (χ1) is 9.84. The fourth-order valence-electron chi connectivity index (χ4n) is 1.20. The van der Waals surface area contributed by atoms with E-state index in [2.05, 4.69) is 0 Å². The van der Waals surface area contributed by atoms with Gasteiger partial charge >= 0.3 is 17.9 Å². The Morgan fingerprint density at radius 2 is 1.05 bits per heavy atom. The Balaban J connectivity index is 4.53. The Labute approximate surface area is 132 Å². The fraction of sp³-hybridized carbons (Fsp3) is 0.812. The van der Waals surface area contributed by atoms with E-state index in [9.17, 15) is 14.4 Å². The van der Waals surface area contributed by atoms with Gasteiger partial charge in [0.2, 0.25) is 0 Å². The van der Waals surface area contributed by atoms with E-state index in [-0.39, 0.29) is 37.7 Å². The van der Waals surface area contributed by atoms with Crippen LogP contribution in [0, 0.1) is 16.7 Å². The molecule has 0 aliphatic heterocycles. The predicted octanol–water partition coefficient (Wildman–Crippen LogP) is 2.34. The molecule has 0 aliphatic rings. The van der Waals surface area contributed by atoms with Gasteiger partial charge in [-0.3, -0.25) is 14.4 Å². The second-order valence-corrected chi connectivity index (χ2v) is 7.37. The first-order valence-corrected chi connectivity index (χ1v) is 7.32. The molecular formula is C16H28O6. The van der Waals surface area contributed by atoms with Crippen LogP contribution in [0.25, 0.3) is 0 Å². The highest BCUT2D eigenvalue weighted by molar-refractivity contribution is 5.75. The van der Waals surface area contributed by atoms with E-state index in [1.165, 1.54) is 6.92 Å². The molecule has 0 radical (unpaired) electrons. The molecule has 0 spiro atoms. The van der Waals surface area contributed by atoms with E-state index in [4.69, 9.17) is 14.2 Å². The monoisotopic (exact) mass is 316 g/mol. The van der Waals surface area contributed by atoms with Gasteiger partial charge < -0.3 is 14.2 Å². The van der Waals surface area contributed by atoms with Crippen LogP contribution in [0.15, 0.2) is 0 Å². The van der Waals surface area contributed by atoms with Gasteiger partial charge in [0.15, 0.2) is 0 Å². The summed E-state index contributed by atoms with van der Waals surface area (Å²) in [4.78, 5) is 34.4. The molecule has 0 atom stereocenters. The van der Waals surface area contributed by atoms with Gasteiger partial charge in [-0.1, -0.05) is 0 Å². The van der Waals surface area contributed by atoms with Crippen LogP contribution in [0.4, 0.5) is 0 Å². The normalized spacial score (nSPS) is 12.0. The Kier molecular flexibility index (Phi) is 7.56. The highest BCUT2D eigenvalue weighted by Crippen LogP contribution is 2.18. The molecule has 0 saturated carbocycles. The number of ether oxygens (including phenoxy) is 3. The lowest BCUT2D eigenvalue weighted by atomic mass is 9.97. The van der Waals surface area contributed by atoms with Crippen LogP contribution in [0.5, 0.6) is 0 Å². The molecule has 0 unspecified atom stereocenters. The Hall–Kier alpha value is -1.59. The van der Waals surface area contributed by atoms with E-state index in [0.717, 1.165) is 0 Å². The number of carbonyl (C=O) groups excluding carboxylic acids is 3. The lowest BCUT2D eigenvalue weighted by molar-refractivity contribution is -0.161. The van der Waals surface area contributed by atoms with Gasteiger partial charge in [0.25, 0.3) is 0 Å². The third-order valence-electron chi connectivity index (χ3n) is 2.65. The van der Waals surface area contributed by atoms with Crippen molar-refractivity contribution in [1.82, 2.24) is 0 Å². The van der Waals surface area contributed by atoms with Gasteiger partial charge in [-0.2, -0.15) is 0 Å². The molecule has 6 heteroatoms. The molecule has 0 aromatic heterocycles. The van der Waals surface area contributed by atoms with Crippen molar-refractivity contribution >= 4 is 17.9 Å². The molecular weight excluding hydrogens is 288 g/mol. The van der Waals surface area contributed by atoms with E-state index < -0.39 is 16.8 Å². The number of carbonyl (C=O) groups is 3. The van der Waals surface area contributed by atoms with Crippen LogP contribution < -0.4 is 0 Å². The molecule has 22 heavy (non-hydrogen) atoms. The van der Waals surface area contributed by atoms with Gasteiger partial charge in [0.05, 0.1) is 16.7 Å². The molecule has 6 nitrogen and oxygen atoms in total. The lowest BCUT2D eigenvalue weighted by Gasteiger charge is -2.22. The minimum atomic E-state index is -0.617. The maximum Gasteiger partial charge on any atom is 0.311 e. The zero-order valence-corrected chi connectivity index (χ0v) is 14.6. The molecule has 0 saturated heterocycles. The van der Waals surface area contributed by atoms with Crippen molar-refractivity contribution in [2.45, 2.75) is 48.5 Å².